The molecule has 0 saturated carbocycles. The van der Waals surface area contributed by atoms with E-state index in [2.05, 4.69) is 41.1 Å². The molecule has 0 unspecified atom stereocenters. The number of carbonyl (C=O) groups excluding carboxylic acids is 1. The first-order valence-electron chi connectivity index (χ1n) is 10.8. The first-order chi connectivity index (χ1) is 15.2. The van der Waals surface area contributed by atoms with Gasteiger partial charge in [-0.2, -0.15) is 0 Å². The van der Waals surface area contributed by atoms with Crippen molar-refractivity contribution < 1.29 is 4.79 Å². The average molecular weight is 457 g/mol. The number of aromatic nitrogens is 2. The lowest BCUT2D eigenvalue weighted by Gasteiger charge is -2.34. The van der Waals surface area contributed by atoms with Gasteiger partial charge >= 0.3 is 0 Å². The summed E-state index contributed by atoms with van der Waals surface area (Å²) in [5.74, 6) is 0.429. The third-order valence-electron chi connectivity index (χ3n) is 5.56. The van der Waals surface area contributed by atoms with Crippen molar-refractivity contribution in [2.45, 2.75) is 38.0 Å². The van der Waals surface area contributed by atoms with Crippen LogP contribution in [-0.2, 0) is 17.9 Å². The van der Waals surface area contributed by atoms with Gasteiger partial charge in [0.25, 0.3) is 5.56 Å². The molecule has 0 radical (unpaired) electrons. The van der Waals surface area contributed by atoms with Gasteiger partial charge in [0.15, 0.2) is 5.16 Å². The average Bonchev–Trinajstić information content (AvgIpc) is 3.27. The normalized spacial score (nSPS) is 14.9. The highest BCUT2D eigenvalue weighted by molar-refractivity contribution is 7.99. The van der Waals surface area contributed by atoms with Gasteiger partial charge in [0.1, 0.15) is 4.70 Å². The minimum Gasteiger partial charge on any atom is -0.339 e. The summed E-state index contributed by atoms with van der Waals surface area (Å²) in [4.78, 5) is 34.7. The Morgan fingerprint density at radius 1 is 1.13 bits per heavy atom. The van der Waals surface area contributed by atoms with Gasteiger partial charge in [-0.1, -0.05) is 55.4 Å². The Morgan fingerprint density at radius 3 is 2.65 bits per heavy atom. The zero-order chi connectivity index (χ0) is 21.6. The van der Waals surface area contributed by atoms with Crippen molar-refractivity contribution in [2.75, 3.05) is 31.9 Å². The minimum absolute atomic E-state index is 0.0120. The number of rotatable bonds is 8. The van der Waals surface area contributed by atoms with E-state index in [9.17, 15) is 9.59 Å². The SMILES string of the molecule is CCCCn1c(SCC(=O)N2CCN(Cc3ccccc3)CC2)nc2ccsc2c1=O. The Balaban J connectivity index is 1.35. The highest BCUT2D eigenvalue weighted by Gasteiger charge is 2.22. The van der Waals surface area contributed by atoms with E-state index < -0.39 is 0 Å². The molecule has 1 saturated heterocycles. The van der Waals surface area contributed by atoms with E-state index in [0.29, 0.717) is 22.2 Å². The fourth-order valence-electron chi connectivity index (χ4n) is 3.76. The van der Waals surface area contributed by atoms with Crippen LogP contribution in [0.2, 0.25) is 0 Å². The number of benzene rings is 1. The van der Waals surface area contributed by atoms with Crippen LogP contribution < -0.4 is 5.56 Å². The van der Waals surface area contributed by atoms with Crippen molar-refractivity contribution in [2.24, 2.45) is 0 Å². The molecule has 1 aliphatic rings. The Morgan fingerprint density at radius 2 is 1.90 bits per heavy atom. The van der Waals surface area contributed by atoms with Crippen molar-refractivity contribution in [3.05, 3.63) is 57.7 Å². The molecule has 0 aliphatic carbocycles. The number of fused-ring (bicyclic) bond motifs is 1. The zero-order valence-electron chi connectivity index (χ0n) is 17.8. The summed E-state index contributed by atoms with van der Waals surface area (Å²) in [5, 5.41) is 2.55. The van der Waals surface area contributed by atoms with E-state index in [1.165, 1.54) is 28.7 Å². The highest BCUT2D eigenvalue weighted by atomic mass is 32.2. The van der Waals surface area contributed by atoms with Crippen LogP contribution >= 0.6 is 23.1 Å². The summed E-state index contributed by atoms with van der Waals surface area (Å²) in [5.41, 5.74) is 2.04. The summed E-state index contributed by atoms with van der Waals surface area (Å²) in [7, 11) is 0. The molecular formula is C23H28N4O2S2. The topological polar surface area (TPSA) is 58.4 Å². The largest absolute Gasteiger partial charge is 0.339 e. The van der Waals surface area contributed by atoms with Crippen LogP contribution in [0.4, 0.5) is 0 Å². The van der Waals surface area contributed by atoms with Crippen LogP contribution in [0.15, 0.2) is 51.7 Å². The molecule has 31 heavy (non-hydrogen) atoms. The molecule has 1 aromatic carbocycles. The Labute approximate surface area is 190 Å². The maximum atomic E-state index is 12.9. The van der Waals surface area contributed by atoms with E-state index in [1.807, 2.05) is 22.4 Å². The Bertz CT molecular complexity index is 1070. The molecule has 0 spiro atoms. The van der Waals surface area contributed by atoms with Gasteiger partial charge in [-0.3, -0.25) is 19.1 Å². The molecule has 2 aromatic heterocycles. The lowest BCUT2D eigenvalue weighted by Crippen LogP contribution is -2.48. The number of hydrogen-bond acceptors (Lipinski definition) is 6. The van der Waals surface area contributed by atoms with Crippen LogP contribution in [-0.4, -0.2) is 57.2 Å². The first kappa shape index (κ1) is 22.0. The number of amides is 1. The molecule has 0 atom stereocenters. The van der Waals surface area contributed by atoms with Gasteiger partial charge < -0.3 is 4.90 Å². The molecule has 4 rings (SSSR count). The maximum Gasteiger partial charge on any atom is 0.272 e. The summed E-state index contributed by atoms with van der Waals surface area (Å²) in [6.07, 6.45) is 1.93. The van der Waals surface area contributed by atoms with Gasteiger partial charge in [-0.05, 0) is 23.4 Å². The van der Waals surface area contributed by atoms with E-state index in [1.54, 1.807) is 4.57 Å². The van der Waals surface area contributed by atoms with E-state index >= 15 is 0 Å². The second kappa shape index (κ2) is 10.4. The molecular weight excluding hydrogens is 428 g/mol. The number of unbranched alkanes of at least 4 members (excludes halogenated alkanes) is 1. The van der Waals surface area contributed by atoms with Crippen molar-refractivity contribution in [1.29, 1.82) is 0 Å². The smallest absolute Gasteiger partial charge is 0.272 e. The predicted molar refractivity (Wildman–Crippen MR) is 128 cm³/mol. The number of nitrogens with zero attached hydrogens (tertiary/aromatic N) is 4. The van der Waals surface area contributed by atoms with Crippen LogP contribution in [0.5, 0.6) is 0 Å². The summed E-state index contributed by atoms with van der Waals surface area (Å²) >= 11 is 2.82. The third-order valence-corrected chi connectivity index (χ3v) is 7.42. The van der Waals surface area contributed by atoms with Gasteiger partial charge in [0, 0.05) is 39.3 Å². The van der Waals surface area contributed by atoms with E-state index in [4.69, 9.17) is 0 Å². The monoisotopic (exact) mass is 456 g/mol. The molecule has 3 aromatic rings. The number of carbonyl (C=O) groups is 1. The lowest BCUT2D eigenvalue weighted by molar-refractivity contribution is -0.130. The number of thioether (sulfide) groups is 1. The molecule has 3 heterocycles. The number of piperazine rings is 1. The molecule has 8 heteroatoms. The van der Waals surface area contributed by atoms with Gasteiger partial charge in [-0.25, -0.2) is 4.98 Å². The van der Waals surface area contributed by atoms with E-state index in [0.717, 1.165) is 51.1 Å². The van der Waals surface area contributed by atoms with Crippen LogP contribution in [0, 0.1) is 0 Å². The van der Waals surface area contributed by atoms with Gasteiger partial charge in [0.05, 0.1) is 11.3 Å². The second-order valence-electron chi connectivity index (χ2n) is 7.77. The molecule has 164 valence electrons. The van der Waals surface area contributed by atoms with Gasteiger partial charge in [-0.15, -0.1) is 11.3 Å². The van der Waals surface area contributed by atoms with Crippen LogP contribution in [0.25, 0.3) is 10.2 Å². The van der Waals surface area contributed by atoms with Crippen molar-refractivity contribution in [3.8, 4) is 0 Å². The third kappa shape index (κ3) is 5.37. The Hall–Kier alpha value is -2.16. The molecule has 0 bridgehead atoms. The lowest BCUT2D eigenvalue weighted by atomic mass is 10.2. The molecule has 1 fully saturated rings. The summed E-state index contributed by atoms with van der Waals surface area (Å²) in [6, 6.07) is 12.3. The van der Waals surface area contributed by atoms with Gasteiger partial charge in [0.2, 0.25) is 5.91 Å². The quantitative estimate of drug-likeness (QED) is 0.382. The van der Waals surface area contributed by atoms with Crippen LogP contribution in [0.3, 0.4) is 0 Å². The minimum atomic E-state index is 0.0120. The van der Waals surface area contributed by atoms with Crippen LogP contribution in [0.1, 0.15) is 25.3 Å². The zero-order valence-corrected chi connectivity index (χ0v) is 19.5. The number of hydrogen-bond donors (Lipinski definition) is 0. The number of thiophene rings is 1. The fourth-order valence-corrected chi connectivity index (χ4v) is 5.47. The summed E-state index contributed by atoms with van der Waals surface area (Å²) in [6.45, 7) is 6.92. The predicted octanol–water partition coefficient (Wildman–Crippen LogP) is 3.69. The first-order valence-corrected chi connectivity index (χ1v) is 12.7. The van der Waals surface area contributed by atoms with E-state index in [-0.39, 0.29) is 11.5 Å². The Kier molecular flexibility index (Phi) is 7.42. The standard InChI is InChI=1S/C23H28N4O2S2/c1-2-3-10-27-22(29)21-19(9-15-30-21)24-23(27)31-17-20(28)26-13-11-25(12-14-26)16-18-7-5-4-6-8-18/h4-9,15H,2-3,10-14,16-17H2,1H3. The molecule has 1 aliphatic heterocycles. The summed E-state index contributed by atoms with van der Waals surface area (Å²) < 4.78 is 2.44. The van der Waals surface area contributed by atoms with Crippen molar-refractivity contribution in [1.82, 2.24) is 19.4 Å². The fraction of sp³-hybridized carbons (Fsp3) is 0.435. The molecule has 1 amide bonds. The van der Waals surface area contributed by atoms with Crippen molar-refractivity contribution >= 4 is 39.2 Å². The maximum absolute atomic E-state index is 12.9. The second-order valence-corrected chi connectivity index (χ2v) is 9.63. The highest BCUT2D eigenvalue weighted by Crippen LogP contribution is 2.22. The molecule has 0 N–H and O–H groups in total. The van der Waals surface area contributed by atoms with Crippen molar-refractivity contribution in [3.63, 3.8) is 0 Å². The molecule has 6 nitrogen and oxygen atoms in total.